The zero-order valence-electron chi connectivity index (χ0n) is 14.8. The van der Waals surface area contributed by atoms with Crippen molar-refractivity contribution in [1.82, 2.24) is 0 Å². The molecule has 7 heteroatoms. The Morgan fingerprint density at radius 1 is 1.04 bits per heavy atom. The van der Waals surface area contributed by atoms with Crippen molar-refractivity contribution in [3.63, 3.8) is 0 Å². The molecule has 6 nitrogen and oxygen atoms in total. The number of benzene rings is 2. The molecular weight excluding hydrogens is 380 g/mol. The molecule has 2 aromatic carbocycles. The number of carbonyl (C=O) groups is 2. The molecule has 0 spiro atoms. The molecule has 3 N–H and O–H groups in total. The fourth-order valence-electron chi connectivity index (χ4n) is 2.94. The van der Waals surface area contributed by atoms with Gasteiger partial charge in [-0.25, -0.2) is 0 Å². The van der Waals surface area contributed by atoms with E-state index in [1.165, 1.54) is 6.07 Å². The average Bonchev–Trinajstić information content (AvgIpc) is 3.27. The van der Waals surface area contributed by atoms with Gasteiger partial charge < -0.3 is 19.9 Å². The Bertz CT molecular complexity index is 1220. The number of anilines is 1. The molecule has 0 saturated heterocycles. The summed E-state index contributed by atoms with van der Waals surface area (Å²) in [4.78, 5) is 24.5. The number of aryl methyl sites for hydroxylation is 1. The molecule has 140 valence electrons. The van der Waals surface area contributed by atoms with Crippen LogP contribution in [0.4, 0.5) is 5.69 Å². The van der Waals surface area contributed by atoms with Crippen LogP contribution in [-0.4, -0.2) is 11.8 Å². The molecule has 0 saturated carbocycles. The van der Waals surface area contributed by atoms with Gasteiger partial charge in [0.1, 0.15) is 17.0 Å². The first-order chi connectivity index (χ1) is 13.4. The summed E-state index contributed by atoms with van der Waals surface area (Å²) in [6.45, 7) is 1.89. The van der Waals surface area contributed by atoms with Crippen LogP contribution in [0.5, 0.6) is 0 Å². The number of hydrogen-bond donors (Lipinski definition) is 2. The van der Waals surface area contributed by atoms with E-state index in [1.807, 2.05) is 19.1 Å². The molecule has 0 fully saturated rings. The maximum absolute atomic E-state index is 12.7. The maximum atomic E-state index is 12.7. The second kappa shape index (κ2) is 6.90. The minimum atomic E-state index is -0.777. The number of halogens is 1. The predicted octanol–water partition coefficient (Wildman–Crippen LogP) is 5.01. The molecule has 0 aliphatic carbocycles. The molecule has 2 aromatic heterocycles. The first-order valence-corrected chi connectivity index (χ1v) is 8.81. The maximum Gasteiger partial charge on any atom is 0.291 e. The number of hydrogen-bond acceptors (Lipinski definition) is 4. The van der Waals surface area contributed by atoms with Gasteiger partial charge >= 0.3 is 0 Å². The third-order valence-corrected chi connectivity index (χ3v) is 4.61. The zero-order valence-corrected chi connectivity index (χ0v) is 15.5. The van der Waals surface area contributed by atoms with Crippen LogP contribution < -0.4 is 11.1 Å². The SMILES string of the molecule is Cc1ccc2c(NC(=O)c3ccc(-c4ccccc4Cl)o3)c(C(N)=O)oc2c1. The fourth-order valence-corrected chi connectivity index (χ4v) is 3.17. The van der Waals surface area contributed by atoms with Crippen molar-refractivity contribution in [1.29, 1.82) is 0 Å². The van der Waals surface area contributed by atoms with Gasteiger partial charge in [-0.05, 0) is 48.9 Å². The highest BCUT2D eigenvalue weighted by atomic mass is 35.5. The number of furan rings is 2. The molecule has 28 heavy (non-hydrogen) atoms. The van der Waals surface area contributed by atoms with E-state index in [0.717, 1.165) is 5.56 Å². The van der Waals surface area contributed by atoms with Gasteiger partial charge in [-0.1, -0.05) is 29.8 Å². The van der Waals surface area contributed by atoms with Crippen LogP contribution in [0, 0.1) is 6.92 Å². The van der Waals surface area contributed by atoms with E-state index in [-0.39, 0.29) is 17.2 Å². The van der Waals surface area contributed by atoms with Crippen LogP contribution in [0.3, 0.4) is 0 Å². The van der Waals surface area contributed by atoms with Gasteiger partial charge in [-0.2, -0.15) is 0 Å². The summed E-state index contributed by atoms with van der Waals surface area (Å²) in [7, 11) is 0. The Labute approximate surface area is 164 Å². The van der Waals surface area contributed by atoms with E-state index in [4.69, 9.17) is 26.2 Å². The van der Waals surface area contributed by atoms with Gasteiger partial charge in [-0.15, -0.1) is 0 Å². The number of primary amides is 1. The molecule has 0 aliphatic rings. The normalized spacial score (nSPS) is 10.9. The van der Waals surface area contributed by atoms with Crippen molar-refractivity contribution in [2.45, 2.75) is 6.92 Å². The number of carbonyl (C=O) groups excluding carboxylic acids is 2. The summed E-state index contributed by atoms with van der Waals surface area (Å²) in [5, 5.41) is 3.75. The Balaban J connectivity index is 1.69. The highest BCUT2D eigenvalue weighted by Crippen LogP contribution is 2.33. The van der Waals surface area contributed by atoms with Gasteiger partial charge in [0.15, 0.2) is 5.76 Å². The van der Waals surface area contributed by atoms with E-state index in [0.29, 0.717) is 27.3 Å². The Morgan fingerprint density at radius 2 is 1.82 bits per heavy atom. The quantitative estimate of drug-likeness (QED) is 0.508. The molecule has 2 heterocycles. The number of fused-ring (bicyclic) bond motifs is 1. The molecule has 4 rings (SSSR count). The van der Waals surface area contributed by atoms with Gasteiger partial charge in [0.25, 0.3) is 11.8 Å². The second-order valence-corrected chi connectivity index (χ2v) is 6.68. The zero-order chi connectivity index (χ0) is 19.8. The van der Waals surface area contributed by atoms with Crippen molar-refractivity contribution in [3.05, 3.63) is 76.7 Å². The van der Waals surface area contributed by atoms with E-state index in [2.05, 4.69) is 5.32 Å². The number of amides is 2. The largest absolute Gasteiger partial charge is 0.451 e. The predicted molar refractivity (Wildman–Crippen MR) is 107 cm³/mol. The lowest BCUT2D eigenvalue weighted by Crippen LogP contribution is -2.16. The summed E-state index contributed by atoms with van der Waals surface area (Å²) in [6.07, 6.45) is 0. The third-order valence-electron chi connectivity index (χ3n) is 4.28. The molecule has 0 unspecified atom stereocenters. The Kier molecular flexibility index (Phi) is 4.41. The first-order valence-electron chi connectivity index (χ1n) is 8.43. The van der Waals surface area contributed by atoms with E-state index < -0.39 is 11.8 Å². The van der Waals surface area contributed by atoms with Crippen LogP contribution in [0.2, 0.25) is 5.02 Å². The van der Waals surface area contributed by atoms with E-state index in [9.17, 15) is 9.59 Å². The van der Waals surface area contributed by atoms with Gasteiger partial charge in [0.2, 0.25) is 5.76 Å². The molecule has 0 radical (unpaired) electrons. The van der Waals surface area contributed by atoms with E-state index in [1.54, 1.807) is 36.4 Å². The molecular formula is C21H15ClN2O4. The van der Waals surface area contributed by atoms with Crippen LogP contribution in [0.1, 0.15) is 26.7 Å². The van der Waals surface area contributed by atoms with Crippen LogP contribution in [0.25, 0.3) is 22.3 Å². The van der Waals surface area contributed by atoms with Crippen LogP contribution in [-0.2, 0) is 0 Å². The topological polar surface area (TPSA) is 98.5 Å². The van der Waals surface area contributed by atoms with Crippen molar-refractivity contribution in [2.75, 3.05) is 5.32 Å². The summed E-state index contributed by atoms with van der Waals surface area (Å²) in [5.74, 6) is -0.915. The highest BCUT2D eigenvalue weighted by Gasteiger charge is 2.22. The lowest BCUT2D eigenvalue weighted by molar-refractivity contribution is 0.0977. The van der Waals surface area contributed by atoms with Gasteiger partial charge in [0, 0.05) is 10.9 Å². The summed E-state index contributed by atoms with van der Waals surface area (Å²) in [6, 6.07) is 15.7. The monoisotopic (exact) mass is 394 g/mol. The Morgan fingerprint density at radius 3 is 2.57 bits per heavy atom. The van der Waals surface area contributed by atoms with Crippen molar-refractivity contribution >= 4 is 40.1 Å². The Hall–Kier alpha value is -3.51. The number of nitrogens with two attached hydrogens (primary N) is 1. The molecule has 4 aromatic rings. The van der Waals surface area contributed by atoms with Crippen LogP contribution in [0.15, 0.2) is 63.4 Å². The second-order valence-electron chi connectivity index (χ2n) is 6.27. The molecule has 0 bridgehead atoms. The number of rotatable bonds is 4. The summed E-state index contributed by atoms with van der Waals surface area (Å²) in [5.41, 5.74) is 7.70. The lowest BCUT2D eigenvalue weighted by Gasteiger charge is -2.03. The van der Waals surface area contributed by atoms with E-state index >= 15 is 0 Å². The smallest absolute Gasteiger partial charge is 0.291 e. The summed E-state index contributed by atoms with van der Waals surface area (Å²) >= 11 is 6.17. The molecule has 0 atom stereocenters. The molecule has 2 amide bonds. The fraction of sp³-hybridized carbons (Fsp3) is 0.0476. The highest BCUT2D eigenvalue weighted by molar-refractivity contribution is 6.33. The average molecular weight is 395 g/mol. The minimum Gasteiger partial charge on any atom is -0.451 e. The van der Waals surface area contributed by atoms with Gasteiger partial charge in [0.05, 0.1) is 5.02 Å². The third kappa shape index (κ3) is 3.14. The summed E-state index contributed by atoms with van der Waals surface area (Å²) < 4.78 is 11.2. The minimum absolute atomic E-state index is 0.0619. The lowest BCUT2D eigenvalue weighted by atomic mass is 10.1. The standard InChI is InChI=1S/C21H15ClN2O4/c1-11-6-7-13-17(10-11)28-19(20(23)25)18(13)24-21(26)16-9-8-15(27-16)12-4-2-3-5-14(12)22/h2-10H,1H3,(H2,23,25)(H,24,26). The number of nitrogens with one attached hydrogen (secondary N) is 1. The molecule has 0 aliphatic heterocycles. The van der Waals surface area contributed by atoms with Gasteiger partial charge in [-0.3, -0.25) is 9.59 Å². The van der Waals surface area contributed by atoms with Crippen molar-refractivity contribution in [3.8, 4) is 11.3 Å². The first kappa shape index (κ1) is 17.9. The van der Waals surface area contributed by atoms with Crippen molar-refractivity contribution < 1.29 is 18.4 Å². The van der Waals surface area contributed by atoms with Crippen LogP contribution >= 0.6 is 11.6 Å². The van der Waals surface area contributed by atoms with Crippen molar-refractivity contribution in [2.24, 2.45) is 5.73 Å².